The van der Waals surface area contributed by atoms with Gasteiger partial charge in [0.05, 0.1) is 5.69 Å². The fourth-order valence-electron chi connectivity index (χ4n) is 6.34. The molecule has 0 spiro atoms. The smallest absolute Gasteiger partial charge is 0.0717 e. The third-order valence-electron chi connectivity index (χ3n) is 8.22. The Morgan fingerprint density at radius 1 is 0.333 bits per heavy atom. The van der Waals surface area contributed by atoms with Gasteiger partial charge in [-0.25, -0.2) is 0 Å². The summed E-state index contributed by atoms with van der Waals surface area (Å²) in [6.45, 7) is 0. The van der Waals surface area contributed by atoms with E-state index in [1.165, 1.54) is 60.1 Å². The molecule has 196 valence electrons. The van der Waals surface area contributed by atoms with E-state index in [4.69, 9.17) is 4.98 Å². The van der Waals surface area contributed by atoms with Crippen molar-refractivity contribution in [1.82, 2.24) is 9.97 Å². The fraction of sp³-hybridized carbons (Fsp3) is 0. The Hall–Kier alpha value is -5.60. The van der Waals surface area contributed by atoms with Gasteiger partial charge in [0.25, 0.3) is 0 Å². The largest absolute Gasteiger partial charge is 0.264 e. The summed E-state index contributed by atoms with van der Waals surface area (Å²) in [6.07, 6.45) is 5.61. The van der Waals surface area contributed by atoms with E-state index >= 15 is 0 Å². The Morgan fingerprint density at radius 3 is 1.48 bits per heavy atom. The molecule has 0 unspecified atom stereocenters. The van der Waals surface area contributed by atoms with E-state index in [9.17, 15) is 0 Å². The van der Waals surface area contributed by atoms with Gasteiger partial charge >= 0.3 is 0 Å². The quantitative estimate of drug-likeness (QED) is 0.210. The molecule has 8 rings (SSSR count). The zero-order valence-electron chi connectivity index (χ0n) is 22.9. The molecule has 0 saturated heterocycles. The van der Waals surface area contributed by atoms with Crippen LogP contribution >= 0.6 is 0 Å². The lowest BCUT2D eigenvalue weighted by Crippen LogP contribution is -1.92. The first kappa shape index (κ1) is 24.2. The summed E-state index contributed by atoms with van der Waals surface area (Å²) in [5.41, 5.74) is 9.24. The van der Waals surface area contributed by atoms with Crippen LogP contribution in [0.5, 0.6) is 0 Å². The maximum Gasteiger partial charge on any atom is 0.0717 e. The van der Waals surface area contributed by atoms with E-state index in [2.05, 4.69) is 132 Å². The van der Waals surface area contributed by atoms with Gasteiger partial charge in [0.2, 0.25) is 0 Å². The molecule has 0 bridgehead atoms. The van der Waals surface area contributed by atoms with Crippen molar-refractivity contribution in [2.45, 2.75) is 0 Å². The molecule has 0 aliphatic heterocycles. The molecule has 0 amide bonds. The van der Waals surface area contributed by atoms with Crippen molar-refractivity contribution >= 4 is 32.3 Å². The molecule has 42 heavy (non-hydrogen) atoms. The average Bonchev–Trinajstić information content (AvgIpc) is 3.08. The van der Waals surface area contributed by atoms with Crippen molar-refractivity contribution in [3.63, 3.8) is 0 Å². The molecule has 2 aromatic heterocycles. The molecule has 0 fully saturated rings. The van der Waals surface area contributed by atoms with E-state index in [0.29, 0.717) is 0 Å². The second kappa shape index (κ2) is 10.1. The highest BCUT2D eigenvalue weighted by molar-refractivity contribution is 6.24. The second-order valence-electron chi connectivity index (χ2n) is 10.6. The summed E-state index contributed by atoms with van der Waals surface area (Å²) in [5.74, 6) is 0. The Labute approximate surface area is 244 Å². The summed E-state index contributed by atoms with van der Waals surface area (Å²) < 4.78 is 0. The molecule has 6 aromatic carbocycles. The van der Waals surface area contributed by atoms with Gasteiger partial charge in [-0.2, -0.15) is 0 Å². The number of fused-ring (bicyclic) bond motifs is 3. The Balaban J connectivity index is 1.38. The standard InChI is InChI=1S/C40H26N2/c1-2-11-27(12-3-1)39-33-16-6-8-18-35(33)40(36-19-9-7-17-34(36)39)37-22-21-30(31-14-4-5-15-32(31)37)28-20-23-38(42-26-28)29-13-10-24-41-25-29/h1-26H. The number of hydrogen-bond acceptors (Lipinski definition) is 2. The lowest BCUT2D eigenvalue weighted by atomic mass is 9.84. The van der Waals surface area contributed by atoms with Crippen molar-refractivity contribution in [1.29, 1.82) is 0 Å². The van der Waals surface area contributed by atoms with Crippen LogP contribution in [-0.2, 0) is 0 Å². The highest BCUT2D eigenvalue weighted by Gasteiger charge is 2.18. The van der Waals surface area contributed by atoms with Gasteiger partial charge in [0.15, 0.2) is 0 Å². The van der Waals surface area contributed by atoms with Crippen LogP contribution in [0.15, 0.2) is 158 Å². The molecule has 0 saturated carbocycles. The van der Waals surface area contributed by atoms with Crippen LogP contribution in [0.1, 0.15) is 0 Å². The first-order valence-corrected chi connectivity index (χ1v) is 14.2. The highest BCUT2D eigenvalue weighted by Crippen LogP contribution is 2.46. The minimum atomic E-state index is 0.921. The molecule has 0 radical (unpaired) electrons. The minimum Gasteiger partial charge on any atom is -0.264 e. The maximum absolute atomic E-state index is 4.79. The van der Waals surface area contributed by atoms with Crippen LogP contribution in [0.25, 0.3) is 77.0 Å². The van der Waals surface area contributed by atoms with Gasteiger partial charge < -0.3 is 0 Å². The molecule has 0 N–H and O–H groups in total. The fourth-order valence-corrected chi connectivity index (χ4v) is 6.34. The van der Waals surface area contributed by atoms with Crippen molar-refractivity contribution < 1.29 is 0 Å². The predicted octanol–water partition coefficient (Wildman–Crippen LogP) is 10.6. The summed E-state index contributed by atoms with van der Waals surface area (Å²) in [6, 6.07) is 50.0. The van der Waals surface area contributed by atoms with Crippen LogP contribution in [0.3, 0.4) is 0 Å². The van der Waals surface area contributed by atoms with Gasteiger partial charge in [-0.3, -0.25) is 9.97 Å². The van der Waals surface area contributed by atoms with Gasteiger partial charge in [-0.1, -0.05) is 121 Å². The summed E-state index contributed by atoms with van der Waals surface area (Å²) >= 11 is 0. The van der Waals surface area contributed by atoms with Crippen LogP contribution in [0.2, 0.25) is 0 Å². The topological polar surface area (TPSA) is 25.8 Å². The van der Waals surface area contributed by atoms with Crippen LogP contribution in [0, 0.1) is 0 Å². The summed E-state index contributed by atoms with van der Waals surface area (Å²) in [7, 11) is 0. The molecular formula is C40H26N2. The van der Waals surface area contributed by atoms with Crippen molar-refractivity contribution in [3.8, 4) is 44.6 Å². The molecule has 2 nitrogen and oxygen atoms in total. The lowest BCUT2D eigenvalue weighted by molar-refractivity contribution is 1.28. The van der Waals surface area contributed by atoms with E-state index in [0.717, 1.165) is 16.8 Å². The normalized spacial score (nSPS) is 11.3. The van der Waals surface area contributed by atoms with E-state index < -0.39 is 0 Å². The number of hydrogen-bond donors (Lipinski definition) is 0. The summed E-state index contributed by atoms with van der Waals surface area (Å²) in [4.78, 5) is 9.04. The number of rotatable bonds is 4. The van der Waals surface area contributed by atoms with Crippen molar-refractivity contribution in [2.75, 3.05) is 0 Å². The van der Waals surface area contributed by atoms with Gasteiger partial charge in [0.1, 0.15) is 0 Å². The highest BCUT2D eigenvalue weighted by atomic mass is 14.7. The van der Waals surface area contributed by atoms with E-state index in [1.807, 2.05) is 24.5 Å². The molecular weight excluding hydrogens is 508 g/mol. The summed E-state index contributed by atoms with van der Waals surface area (Å²) in [5, 5.41) is 7.49. The van der Waals surface area contributed by atoms with Crippen LogP contribution in [0.4, 0.5) is 0 Å². The molecule has 0 aliphatic carbocycles. The van der Waals surface area contributed by atoms with Crippen LogP contribution < -0.4 is 0 Å². The Kier molecular flexibility index (Phi) is 5.82. The second-order valence-corrected chi connectivity index (χ2v) is 10.6. The molecule has 2 heteroatoms. The minimum absolute atomic E-state index is 0.921. The first-order chi connectivity index (χ1) is 20.9. The number of nitrogens with zero attached hydrogens (tertiary/aromatic N) is 2. The zero-order chi connectivity index (χ0) is 27.9. The Morgan fingerprint density at radius 2 is 0.881 bits per heavy atom. The zero-order valence-corrected chi connectivity index (χ0v) is 22.9. The lowest BCUT2D eigenvalue weighted by Gasteiger charge is -2.19. The number of benzene rings is 6. The molecule has 0 aliphatic rings. The molecule has 0 atom stereocenters. The van der Waals surface area contributed by atoms with Crippen molar-refractivity contribution in [3.05, 3.63) is 158 Å². The Bertz CT molecular complexity index is 2160. The van der Waals surface area contributed by atoms with E-state index in [-0.39, 0.29) is 0 Å². The SMILES string of the molecule is c1ccc(-c2c3ccccc3c(-c3ccc(-c4ccc(-c5cccnc5)nc4)c4ccccc34)c3ccccc23)cc1. The van der Waals surface area contributed by atoms with Gasteiger partial charge in [-0.05, 0) is 78.3 Å². The maximum atomic E-state index is 4.79. The number of pyridine rings is 2. The van der Waals surface area contributed by atoms with Crippen molar-refractivity contribution in [2.24, 2.45) is 0 Å². The average molecular weight is 535 g/mol. The third-order valence-corrected chi connectivity index (χ3v) is 8.22. The van der Waals surface area contributed by atoms with Gasteiger partial charge in [0, 0.05) is 29.7 Å². The van der Waals surface area contributed by atoms with Crippen LogP contribution in [-0.4, -0.2) is 9.97 Å². The monoisotopic (exact) mass is 534 g/mol. The molecule has 8 aromatic rings. The first-order valence-electron chi connectivity index (χ1n) is 14.2. The van der Waals surface area contributed by atoms with Gasteiger partial charge in [-0.15, -0.1) is 0 Å². The third kappa shape index (κ3) is 3.96. The predicted molar refractivity (Wildman–Crippen MR) is 176 cm³/mol. The number of aromatic nitrogens is 2. The van der Waals surface area contributed by atoms with E-state index in [1.54, 1.807) is 6.20 Å². The molecule has 2 heterocycles.